The molecule has 4 rings (SSSR count). The molecule has 9 heteroatoms. The molecular weight excluding hydrogens is 434 g/mol. The molecule has 2 aromatic heterocycles. The molecule has 1 aliphatic heterocycles. The second-order valence-electron chi connectivity index (χ2n) is 7.94. The van der Waals surface area contributed by atoms with Gasteiger partial charge in [0.05, 0.1) is 5.92 Å². The molecule has 1 aliphatic rings. The number of anilines is 1. The monoisotopic (exact) mass is 459 g/mol. The van der Waals surface area contributed by atoms with Crippen LogP contribution in [-0.2, 0) is 22.4 Å². The van der Waals surface area contributed by atoms with Gasteiger partial charge in [-0.15, -0.1) is 10.2 Å². The van der Waals surface area contributed by atoms with E-state index in [9.17, 15) is 9.59 Å². The Morgan fingerprint density at radius 1 is 1.32 bits per heavy atom. The molecule has 2 amide bonds. The van der Waals surface area contributed by atoms with Gasteiger partial charge in [-0.2, -0.15) is 0 Å². The lowest BCUT2D eigenvalue weighted by Crippen LogP contribution is -2.30. The summed E-state index contributed by atoms with van der Waals surface area (Å²) in [5, 5.41) is 14.3. The Kier molecular flexibility index (Phi) is 6.87. The van der Waals surface area contributed by atoms with Crippen molar-refractivity contribution in [2.24, 2.45) is 5.92 Å². The van der Waals surface area contributed by atoms with Gasteiger partial charge in [-0.05, 0) is 36.6 Å². The number of nitrogens with one attached hydrogen (secondary N) is 2. The molecular formula is C22H26ClN5O2S. The molecule has 1 saturated heterocycles. The molecule has 164 valence electrons. The number of rotatable bonds is 9. The fraction of sp³-hybridized carbons (Fsp3) is 0.455. The number of aromatic amines is 1. The zero-order chi connectivity index (χ0) is 21.8. The van der Waals surface area contributed by atoms with Crippen LogP contribution in [0.1, 0.15) is 43.2 Å². The van der Waals surface area contributed by atoms with Crippen molar-refractivity contribution < 1.29 is 9.59 Å². The molecule has 3 heterocycles. The number of unbranched alkanes of at least 4 members (excludes halogenated alkanes) is 2. The number of hydrogen-bond donors (Lipinski definition) is 2. The minimum absolute atomic E-state index is 0.00976. The number of hydrogen-bond acceptors (Lipinski definition) is 5. The van der Waals surface area contributed by atoms with Gasteiger partial charge in [0, 0.05) is 48.1 Å². The maximum Gasteiger partial charge on any atom is 0.231 e. The van der Waals surface area contributed by atoms with Crippen molar-refractivity contribution in [2.75, 3.05) is 18.4 Å². The smallest absolute Gasteiger partial charge is 0.231 e. The predicted octanol–water partition coefficient (Wildman–Crippen LogP) is 4.44. The van der Waals surface area contributed by atoms with E-state index in [2.05, 4.69) is 27.4 Å². The van der Waals surface area contributed by atoms with Crippen molar-refractivity contribution >= 4 is 50.8 Å². The number of nitrogens with zero attached hydrogens (tertiary/aromatic N) is 3. The van der Waals surface area contributed by atoms with Crippen molar-refractivity contribution in [3.05, 3.63) is 40.0 Å². The molecule has 31 heavy (non-hydrogen) atoms. The molecule has 7 nitrogen and oxygen atoms in total. The van der Waals surface area contributed by atoms with Crippen molar-refractivity contribution in [2.45, 2.75) is 45.4 Å². The van der Waals surface area contributed by atoms with Crippen LogP contribution in [0.25, 0.3) is 10.9 Å². The van der Waals surface area contributed by atoms with Crippen molar-refractivity contribution in [3.8, 4) is 0 Å². The molecule has 0 radical (unpaired) electrons. The lowest BCUT2D eigenvalue weighted by Gasteiger charge is -2.16. The van der Waals surface area contributed by atoms with Gasteiger partial charge >= 0.3 is 0 Å². The van der Waals surface area contributed by atoms with Gasteiger partial charge in [0.15, 0.2) is 0 Å². The van der Waals surface area contributed by atoms with E-state index in [1.54, 1.807) is 4.90 Å². The lowest BCUT2D eigenvalue weighted by molar-refractivity contribution is -0.128. The Balaban J connectivity index is 1.30. The van der Waals surface area contributed by atoms with E-state index < -0.39 is 0 Å². The summed E-state index contributed by atoms with van der Waals surface area (Å²) in [6, 6.07) is 5.73. The summed E-state index contributed by atoms with van der Waals surface area (Å²) < 4.78 is 0. The highest BCUT2D eigenvalue weighted by Gasteiger charge is 2.34. The average molecular weight is 460 g/mol. The van der Waals surface area contributed by atoms with Gasteiger partial charge in [0.25, 0.3) is 0 Å². The van der Waals surface area contributed by atoms with Gasteiger partial charge in [-0.25, -0.2) is 0 Å². The first-order chi connectivity index (χ1) is 15.0. The summed E-state index contributed by atoms with van der Waals surface area (Å²) in [7, 11) is 0. The number of aromatic nitrogens is 3. The number of likely N-dealkylation sites (tertiary alicyclic amines) is 1. The molecule has 0 bridgehead atoms. The van der Waals surface area contributed by atoms with E-state index in [1.165, 1.54) is 11.3 Å². The third-order valence-corrected chi connectivity index (χ3v) is 6.79. The van der Waals surface area contributed by atoms with Crippen LogP contribution >= 0.6 is 22.9 Å². The van der Waals surface area contributed by atoms with Crippen LogP contribution < -0.4 is 5.32 Å². The number of carbonyl (C=O) groups excluding carboxylic acids is 2. The summed E-state index contributed by atoms with van der Waals surface area (Å²) in [5.74, 6) is -0.515. The fourth-order valence-corrected chi connectivity index (χ4v) is 4.87. The maximum absolute atomic E-state index is 12.6. The summed E-state index contributed by atoms with van der Waals surface area (Å²) >= 11 is 7.54. The lowest BCUT2D eigenvalue weighted by atomic mass is 10.1. The first-order valence-electron chi connectivity index (χ1n) is 10.7. The Labute approximate surface area is 190 Å². The Morgan fingerprint density at radius 3 is 3.03 bits per heavy atom. The number of carbonyl (C=O) groups is 2. The van der Waals surface area contributed by atoms with Crippen LogP contribution in [0.15, 0.2) is 24.4 Å². The molecule has 0 aliphatic carbocycles. The minimum Gasteiger partial charge on any atom is -0.361 e. The summed E-state index contributed by atoms with van der Waals surface area (Å²) in [4.78, 5) is 30.1. The molecule has 2 N–H and O–H groups in total. The summed E-state index contributed by atoms with van der Waals surface area (Å²) in [5.41, 5.74) is 2.14. The van der Waals surface area contributed by atoms with Gasteiger partial charge in [-0.3, -0.25) is 9.59 Å². The number of aryl methyl sites for hydroxylation is 1. The van der Waals surface area contributed by atoms with Crippen LogP contribution in [0, 0.1) is 5.92 Å². The van der Waals surface area contributed by atoms with Crippen LogP contribution in [0.3, 0.4) is 0 Å². The molecule has 0 spiro atoms. The van der Waals surface area contributed by atoms with Gasteiger partial charge < -0.3 is 15.2 Å². The second kappa shape index (κ2) is 9.78. The Hall–Kier alpha value is -2.45. The first-order valence-corrected chi connectivity index (χ1v) is 11.9. The SMILES string of the molecule is CCCCCc1nnc(NC(=O)C2CC(=O)N(CCc3c[nH]c4ccc(Cl)cc34)C2)s1. The van der Waals surface area contributed by atoms with E-state index in [0.29, 0.717) is 29.7 Å². The average Bonchev–Trinajstić information content (AvgIpc) is 3.45. The standard InChI is InChI=1S/C22H26ClN5O2S/c1-2-3-4-5-19-26-27-22(31-19)25-21(30)15-10-20(29)28(13-15)9-8-14-12-24-18-7-6-16(23)11-17(14)18/h6-7,11-12,15,24H,2-5,8-10,13H2,1H3,(H,25,27,30). The fourth-order valence-electron chi connectivity index (χ4n) is 3.92. The summed E-state index contributed by atoms with van der Waals surface area (Å²) in [6.07, 6.45) is 7.17. The topological polar surface area (TPSA) is 91.0 Å². The molecule has 3 aromatic rings. The number of fused-ring (bicyclic) bond motifs is 1. The minimum atomic E-state index is -0.364. The highest BCUT2D eigenvalue weighted by molar-refractivity contribution is 7.15. The largest absolute Gasteiger partial charge is 0.361 e. The normalized spacial score (nSPS) is 16.4. The zero-order valence-corrected chi connectivity index (χ0v) is 19.1. The number of amides is 2. The van der Waals surface area contributed by atoms with Crippen molar-refractivity contribution in [3.63, 3.8) is 0 Å². The van der Waals surface area contributed by atoms with Crippen LogP contribution in [-0.4, -0.2) is 45.0 Å². The van der Waals surface area contributed by atoms with Gasteiger partial charge in [-0.1, -0.05) is 42.7 Å². The molecule has 1 unspecified atom stereocenters. The molecule has 0 saturated carbocycles. The van der Waals surface area contributed by atoms with Gasteiger partial charge in [0.2, 0.25) is 16.9 Å². The molecule has 1 aromatic carbocycles. The second-order valence-corrected chi connectivity index (χ2v) is 9.44. The number of benzene rings is 1. The Morgan fingerprint density at radius 2 is 2.19 bits per heavy atom. The quantitative estimate of drug-likeness (QED) is 0.463. The number of halogens is 1. The van der Waals surface area contributed by atoms with Crippen molar-refractivity contribution in [1.82, 2.24) is 20.1 Å². The summed E-state index contributed by atoms with van der Waals surface area (Å²) in [6.45, 7) is 3.16. The van der Waals surface area contributed by atoms with E-state index in [4.69, 9.17) is 11.6 Å². The van der Waals surface area contributed by atoms with Crippen LogP contribution in [0.2, 0.25) is 5.02 Å². The predicted molar refractivity (Wildman–Crippen MR) is 123 cm³/mol. The molecule has 1 atom stereocenters. The van der Waals surface area contributed by atoms with Crippen molar-refractivity contribution in [1.29, 1.82) is 0 Å². The highest BCUT2D eigenvalue weighted by atomic mass is 35.5. The third kappa shape index (κ3) is 5.25. The molecule has 1 fully saturated rings. The zero-order valence-electron chi connectivity index (χ0n) is 17.5. The van der Waals surface area contributed by atoms with E-state index in [-0.39, 0.29) is 24.2 Å². The third-order valence-electron chi connectivity index (χ3n) is 5.66. The maximum atomic E-state index is 12.6. The van der Waals surface area contributed by atoms with E-state index in [0.717, 1.165) is 47.2 Å². The van der Waals surface area contributed by atoms with Crippen LogP contribution in [0.5, 0.6) is 0 Å². The van der Waals surface area contributed by atoms with E-state index >= 15 is 0 Å². The van der Waals surface area contributed by atoms with E-state index in [1.807, 2.05) is 24.4 Å². The van der Waals surface area contributed by atoms with Crippen LogP contribution in [0.4, 0.5) is 5.13 Å². The first kappa shape index (κ1) is 21.8. The number of H-pyrrole nitrogens is 1. The Bertz CT molecular complexity index is 1080. The van der Waals surface area contributed by atoms with Gasteiger partial charge in [0.1, 0.15) is 5.01 Å². The highest BCUT2D eigenvalue weighted by Crippen LogP contribution is 2.25.